The summed E-state index contributed by atoms with van der Waals surface area (Å²) < 4.78 is 32.4. The summed E-state index contributed by atoms with van der Waals surface area (Å²) in [6.07, 6.45) is 0.960. The van der Waals surface area contributed by atoms with Gasteiger partial charge in [0.1, 0.15) is 0 Å². The van der Waals surface area contributed by atoms with Crippen LogP contribution in [0.15, 0.2) is 12.2 Å². The zero-order valence-corrected chi connectivity index (χ0v) is 13.0. The fourth-order valence-electron chi connectivity index (χ4n) is 2.04. The largest absolute Gasteiger partial charge is 0.352 e. The van der Waals surface area contributed by atoms with Crippen molar-refractivity contribution in [3.8, 4) is 0 Å². The van der Waals surface area contributed by atoms with Crippen molar-refractivity contribution in [2.45, 2.75) is 32.1 Å². The smallest absolute Gasteiger partial charge is 0.319 e. The molecule has 0 aromatic heterocycles. The monoisotopic (exact) mass is 293 g/mol. The first-order valence-electron chi connectivity index (χ1n) is 6.25. The summed E-state index contributed by atoms with van der Waals surface area (Å²) in [5.41, 5.74) is 0.366. The van der Waals surface area contributed by atoms with Gasteiger partial charge in [-0.1, -0.05) is 13.5 Å². The van der Waals surface area contributed by atoms with E-state index in [2.05, 4.69) is 11.9 Å². The maximum Gasteiger partial charge on any atom is 0.319 e. The molecule has 1 amide bonds. The number of hydrogen-bond acceptors (Lipinski definition) is 3. The van der Waals surface area contributed by atoms with Crippen molar-refractivity contribution < 1.29 is 22.2 Å². The fraction of sp³-hybridized carbons (Fsp3) is 0.750. The lowest BCUT2D eigenvalue weighted by Gasteiger charge is -2.35. The maximum absolute atomic E-state index is 11.5. The Labute approximate surface area is 115 Å². The Morgan fingerprint density at radius 2 is 1.95 bits per heavy atom. The molecule has 0 aliphatic rings. The van der Waals surface area contributed by atoms with Crippen molar-refractivity contribution in [3.05, 3.63) is 12.2 Å². The second kappa shape index (κ2) is 7.02. The van der Waals surface area contributed by atoms with Gasteiger partial charge in [-0.25, -0.2) is 0 Å². The van der Waals surface area contributed by atoms with Crippen LogP contribution in [0.3, 0.4) is 0 Å². The van der Waals surface area contributed by atoms with Crippen LogP contribution >= 0.6 is 0 Å². The lowest BCUT2D eigenvalue weighted by Crippen LogP contribution is -2.54. The van der Waals surface area contributed by atoms with Crippen LogP contribution in [0.4, 0.5) is 0 Å². The van der Waals surface area contributed by atoms with Crippen molar-refractivity contribution in [2.75, 3.05) is 27.2 Å². The normalized spacial score (nSPS) is 13.9. The Balaban J connectivity index is 4.74. The van der Waals surface area contributed by atoms with E-state index in [0.29, 0.717) is 12.1 Å². The summed E-state index contributed by atoms with van der Waals surface area (Å²) in [7, 11) is -0.660. The molecule has 0 radical (unpaired) electrons. The Kier molecular flexibility index (Phi) is 6.68. The molecule has 0 spiro atoms. The number of carbonyl (C=O) groups is 1. The van der Waals surface area contributed by atoms with Crippen LogP contribution in [0.25, 0.3) is 0 Å². The van der Waals surface area contributed by atoms with E-state index in [-0.39, 0.29) is 23.4 Å². The van der Waals surface area contributed by atoms with Gasteiger partial charge >= 0.3 is 10.1 Å². The van der Waals surface area contributed by atoms with Crippen LogP contribution < -0.4 is 5.32 Å². The van der Waals surface area contributed by atoms with E-state index in [4.69, 9.17) is 0 Å². The van der Waals surface area contributed by atoms with Gasteiger partial charge in [0, 0.05) is 18.5 Å². The molecule has 0 fully saturated rings. The minimum Gasteiger partial charge on any atom is -0.352 e. The van der Waals surface area contributed by atoms with Crippen LogP contribution in [0, 0.1) is 0 Å². The summed E-state index contributed by atoms with van der Waals surface area (Å²) in [6.45, 7) is 7.83. The molecule has 0 aromatic carbocycles. The average Bonchev–Trinajstić information content (AvgIpc) is 2.21. The molecule has 0 aliphatic carbocycles. The van der Waals surface area contributed by atoms with Gasteiger partial charge in [0.05, 0.1) is 20.6 Å². The molecular formula is C12H25N2O4S+. The quantitative estimate of drug-likeness (QED) is 0.393. The Bertz CT molecular complexity index is 429. The number of nitrogens with zero attached hydrogens (tertiary/aromatic N) is 1. The van der Waals surface area contributed by atoms with Gasteiger partial charge in [-0.3, -0.25) is 9.35 Å². The zero-order chi connectivity index (χ0) is 15.3. The molecule has 0 aromatic rings. The van der Waals surface area contributed by atoms with E-state index in [1.165, 1.54) is 0 Å². The molecular weight excluding hydrogens is 268 g/mol. The molecule has 112 valence electrons. The van der Waals surface area contributed by atoms with Crippen molar-refractivity contribution in [2.24, 2.45) is 0 Å². The average molecular weight is 293 g/mol. The second-order valence-corrected chi connectivity index (χ2v) is 6.87. The molecule has 0 saturated heterocycles. The van der Waals surface area contributed by atoms with Gasteiger partial charge < -0.3 is 9.80 Å². The van der Waals surface area contributed by atoms with Gasteiger partial charge in [-0.05, 0) is 13.3 Å². The number of hydrogen-bond donors (Lipinski definition) is 2. The molecule has 1 atom stereocenters. The highest BCUT2D eigenvalue weighted by atomic mass is 32.2. The first kappa shape index (κ1) is 18.1. The van der Waals surface area contributed by atoms with E-state index < -0.39 is 15.5 Å². The minimum atomic E-state index is -4.16. The van der Waals surface area contributed by atoms with Crippen LogP contribution in [0.2, 0.25) is 0 Å². The molecule has 1 unspecified atom stereocenters. The van der Waals surface area contributed by atoms with Crippen LogP contribution in [0.1, 0.15) is 26.7 Å². The highest BCUT2D eigenvalue weighted by Crippen LogP contribution is 2.16. The predicted octanol–water partition coefficient (Wildman–Crippen LogP) is 0.769. The Morgan fingerprint density at radius 1 is 1.42 bits per heavy atom. The number of rotatable bonds is 8. The molecule has 2 N–H and O–H groups in total. The predicted molar refractivity (Wildman–Crippen MR) is 75.0 cm³/mol. The molecule has 0 aliphatic heterocycles. The van der Waals surface area contributed by atoms with Crippen molar-refractivity contribution in [3.63, 3.8) is 0 Å². The van der Waals surface area contributed by atoms with Crippen LogP contribution in [0.5, 0.6) is 0 Å². The van der Waals surface area contributed by atoms with Gasteiger partial charge in [0.25, 0.3) is 0 Å². The first-order valence-corrected chi connectivity index (χ1v) is 7.75. The van der Waals surface area contributed by atoms with Crippen molar-refractivity contribution in [1.29, 1.82) is 0 Å². The number of nitrogens with one attached hydrogen (secondary N) is 1. The Morgan fingerprint density at radius 3 is 2.32 bits per heavy atom. The summed E-state index contributed by atoms with van der Waals surface area (Å²) in [5, 5.41) is 1.63. The van der Waals surface area contributed by atoms with E-state index >= 15 is 0 Å². The van der Waals surface area contributed by atoms with Gasteiger partial charge in [-0.2, -0.15) is 8.42 Å². The fourth-order valence-corrected chi connectivity index (χ4v) is 3.28. The van der Waals surface area contributed by atoms with Crippen molar-refractivity contribution >= 4 is 16.0 Å². The topological polar surface area (TPSA) is 83.5 Å². The summed E-state index contributed by atoms with van der Waals surface area (Å²) in [6, 6.07) is 0. The SMILES string of the molecule is C=C(C)C(=O)NCCC([N+](C)(C)CCC)S(=O)(=O)O. The maximum atomic E-state index is 11.5. The van der Waals surface area contributed by atoms with E-state index in [1.807, 2.05) is 6.92 Å². The lowest BCUT2D eigenvalue weighted by molar-refractivity contribution is -0.901. The minimum absolute atomic E-state index is 0.158. The third kappa shape index (κ3) is 6.17. The summed E-state index contributed by atoms with van der Waals surface area (Å²) in [4.78, 5) is 11.3. The first-order chi connectivity index (χ1) is 8.52. The Hall–Kier alpha value is -0.920. The van der Waals surface area contributed by atoms with Crippen LogP contribution in [-0.4, -0.2) is 55.9 Å². The van der Waals surface area contributed by atoms with E-state index in [0.717, 1.165) is 6.42 Å². The van der Waals surface area contributed by atoms with E-state index in [9.17, 15) is 17.8 Å². The van der Waals surface area contributed by atoms with Gasteiger partial charge in [-0.15, -0.1) is 0 Å². The number of quaternary nitrogens is 1. The third-order valence-corrected chi connectivity index (χ3v) is 4.48. The standard InChI is InChI=1S/C12H24N2O4S/c1-6-9-14(4,5)11(19(16,17)18)7-8-13-12(15)10(2)3/h11H,2,6-9H2,1,3-5H3,(H-,13,15,16,17,18)/p+1. The van der Waals surface area contributed by atoms with Gasteiger partial charge in [0.2, 0.25) is 11.3 Å². The molecule has 7 heteroatoms. The molecule has 0 heterocycles. The zero-order valence-electron chi connectivity index (χ0n) is 12.1. The highest BCUT2D eigenvalue weighted by molar-refractivity contribution is 7.86. The number of amides is 1. The summed E-state index contributed by atoms with van der Waals surface area (Å²) in [5.74, 6) is -0.310. The molecule has 6 nitrogen and oxygen atoms in total. The van der Waals surface area contributed by atoms with Crippen LogP contribution in [-0.2, 0) is 14.9 Å². The molecule has 0 saturated carbocycles. The van der Waals surface area contributed by atoms with Gasteiger partial charge in [0.15, 0.2) is 0 Å². The molecule has 0 bridgehead atoms. The highest BCUT2D eigenvalue weighted by Gasteiger charge is 2.37. The lowest BCUT2D eigenvalue weighted by atomic mass is 10.3. The molecule has 0 rings (SSSR count). The third-order valence-electron chi connectivity index (χ3n) is 2.99. The second-order valence-electron chi connectivity index (χ2n) is 5.30. The van der Waals surface area contributed by atoms with Crippen molar-refractivity contribution in [1.82, 2.24) is 5.32 Å². The molecule has 19 heavy (non-hydrogen) atoms. The number of carbonyl (C=O) groups excluding carboxylic acids is 1. The van der Waals surface area contributed by atoms with E-state index in [1.54, 1.807) is 21.0 Å². The summed E-state index contributed by atoms with van der Waals surface area (Å²) >= 11 is 0.